The number of carbonyl (C=O) groups excluding carboxylic acids is 1. The number of benzene rings is 3. The molecular formula is C22H21ClO2. The molecule has 0 heterocycles. The van der Waals surface area contributed by atoms with Crippen LogP contribution in [0.25, 0.3) is 10.8 Å². The fourth-order valence-corrected chi connectivity index (χ4v) is 3.16. The van der Waals surface area contributed by atoms with Crippen molar-refractivity contribution >= 4 is 28.3 Å². The molecule has 3 aromatic rings. The number of hydrogen-bond acceptors (Lipinski definition) is 2. The van der Waals surface area contributed by atoms with Crippen LogP contribution >= 0.6 is 11.6 Å². The van der Waals surface area contributed by atoms with Crippen LogP contribution in [0.2, 0.25) is 5.02 Å². The summed E-state index contributed by atoms with van der Waals surface area (Å²) in [6.07, 6.45) is 4.52. The molecule has 25 heavy (non-hydrogen) atoms. The van der Waals surface area contributed by atoms with Gasteiger partial charge in [0.15, 0.2) is 0 Å². The fraction of sp³-hybridized carbons (Fsp3) is 0.227. The van der Waals surface area contributed by atoms with E-state index in [-0.39, 0.29) is 0 Å². The smallest absolute Gasteiger partial charge is 0.344 e. The lowest BCUT2D eigenvalue weighted by atomic mass is 10.0. The Morgan fingerprint density at radius 2 is 1.80 bits per heavy atom. The maximum absolute atomic E-state index is 12.6. The second kappa shape index (κ2) is 8.17. The highest BCUT2D eigenvalue weighted by atomic mass is 35.5. The summed E-state index contributed by atoms with van der Waals surface area (Å²) in [5.41, 5.74) is 1.71. The molecular weight excluding hydrogens is 332 g/mol. The van der Waals surface area contributed by atoms with Crippen LogP contribution in [0.4, 0.5) is 0 Å². The third kappa shape index (κ3) is 4.21. The van der Waals surface area contributed by atoms with Crippen LogP contribution in [-0.4, -0.2) is 5.97 Å². The summed E-state index contributed by atoms with van der Waals surface area (Å²) in [6.45, 7) is 2.18. The van der Waals surface area contributed by atoms with E-state index in [0.29, 0.717) is 16.3 Å². The zero-order valence-electron chi connectivity index (χ0n) is 14.3. The first-order valence-corrected chi connectivity index (χ1v) is 9.05. The van der Waals surface area contributed by atoms with Gasteiger partial charge in [-0.15, -0.1) is 0 Å². The molecule has 128 valence electrons. The van der Waals surface area contributed by atoms with Crippen LogP contribution in [-0.2, 0) is 6.42 Å². The number of ether oxygens (including phenoxy) is 1. The van der Waals surface area contributed by atoms with Gasteiger partial charge in [0, 0.05) is 0 Å². The van der Waals surface area contributed by atoms with E-state index in [0.717, 1.165) is 23.6 Å². The average molecular weight is 353 g/mol. The predicted molar refractivity (Wildman–Crippen MR) is 104 cm³/mol. The van der Waals surface area contributed by atoms with E-state index in [1.54, 1.807) is 12.1 Å². The fourth-order valence-electron chi connectivity index (χ4n) is 2.92. The third-order valence-electron chi connectivity index (χ3n) is 4.28. The van der Waals surface area contributed by atoms with Gasteiger partial charge in [-0.3, -0.25) is 0 Å². The van der Waals surface area contributed by atoms with E-state index in [2.05, 4.69) is 6.92 Å². The van der Waals surface area contributed by atoms with Gasteiger partial charge < -0.3 is 4.74 Å². The van der Waals surface area contributed by atoms with E-state index < -0.39 is 5.97 Å². The molecule has 0 spiro atoms. The molecule has 0 saturated carbocycles. The highest BCUT2D eigenvalue weighted by molar-refractivity contribution is 6.32. The number of fused-ring (bicyclic) bond motifs is 1. The van der Waals surface area contributed by atoms with Gasteiger partial charge in [-0.2, -0.15) is 0 Å². The molecule has 0 unspecified atom stereocenters. The quantitative estimate of drug-likeness (QED) is 0.289. The van der Waals surface area contributed by atoms with E-state index in [1.165, 1.54) is 18.4 Å². The topological polar surface area (TPSA) is 26.3 Å². The van der Waals surface area contributed by atoms with Crippen molar-refractivity contribution in [2.75, 3.05) is 0 Å². The van der Waals surface area contributed by atoms with Crippen molar-refractivity contribution in [3.8, 4) is 5.75 Å². The molecule has 0 atom stereocenters. The summed E-state index contributed by atoms with van der Waals surface area (Å²) < 4.78 is 5.55. The van der Waals surface area contributed by atoms with Gasteiger partial charge in [-0.1, -0.05) is 73.8 Å². The third-order valence-corrected chi connectivity index (χ3v) is 4.57. The zero-order valence-corrected chi connectivity index (χ0v) is 15.1. The van der Waals surface area contributed by atoms with Gasteiger partial charge in [0.25, 0.3) is 0 Å². The molecule has 0 aliphatic rings. The average Bonchev–Trinajstić information content (AvgIpc) is 2.63. The Morgan fingerprint density at radius 1 is 1.00 bits per heavy atom. The summed E-state index contributed by atoms with van der Waals surface area (Å²) in [5.74, 6) is 0.0104. The molecule has 0 aliphatic heterocycles. The summed E-state index contributed by atoms with van der Waals surface area (Å²) in [5, 5.41) is 2.36. The molecule has 3 heteroatoms. The SMILES string of the molecule is CCCCCc1ccc(OC(=O)c2cccc3ccccc23)c(Cl)c1. The van der Waals surface area contributed by atoms with Crippen molar-refractivity contribution in [3.05, 3.63) is 76.8 Å². The first kappa shape index (κ1) is 17.5. The Kier molecular flexibility index (Phi) is 5.72. The van der Waals surface area contributed by atoms with E-state index in [9.17, 15) is 4.79 Å². The molecule has 3 rings (SSSR count). The van der Waals surface area contributed by atoms with E-state index in [1.807, 2.05) is 48.5 Å². The number of esters is 1. The minimum absolute atomic E-state index is 0.391. The first-order chi connectivity index (χ1) is 12.2. The molecule has 0 aliphatic carbocycles. The van der Waals surface area contributed by atoms with Crippen molar-refractivity contribution in [1.29, 1.82) is 0 Å². The Hall–Kier alpha value is -2.32. The monoisotopic (exact) mass is 352 g/mol. The minimum Gasteiger partial charge on any atom is -0.421 e. The summed E-state index contributed by atoms with van der Waals surface area (Å²) >= 11 is 6.31. The van der Waals surface area contributed by atoms with Gasteiger partial charge in [-0.05, 0) is 47.4 Å². The van der Waals surface area contributed by atoms with Crippen LogP contribution in [0.15, 0.2) is 60.7 Å². The maximum atomic E-state index is 12.6. The molecule has 0 bridgehead atoms. The van der Waals surface area contributed by atoms with Crippen molar-refractivity contribution < 1.29 is 9.53 Å². The zero-order chi connectivity index (χ0) is 17.6. The van der Waals surface area contributed by atoms with Gasteiger partial charge in [0.05, 0.1) is 10.6 Å². The molecule has 0 amide bonds. The Balaban J connectivity index is 1.78. The van der Waals surface area contributed by atoms with Crippen LogP contribution in [0, 0.1) is 0 Å². The van der Waals surface area contributed by atoms with Gasteiger partial charge in [0.1, 0.15) is 5.75 Å². The van der Waals surface area contributed by atoms with E-state index in [4.69, 9.17) is 16.3 Å². The van der Waals surface area contributed by atoms with Gasteiger partial charge >= 0.3 is 5.97 Å². The normalized spacial score (nSPS) is 10.8. The molecule has 3 aromatic carbocycles. The van der Waals surface area contributed by atoms with Crippen molar-refractivity contribution in [2.24, 2.45) is 0 Å². The number of carbonyl (C=O) groups is 1. The van der Waals surface area contributed by atoms with Crippen LogP contribution in [0.1, 0.15) is 42.1 Å². The summed E-state index contributed by atoms with van der Waals surface area (Å²) in [4.78, 5) is 12.6. The molecule has 0 N–H and O–H groups in total. The second-order valence-corrected chi connectivity index (χ2v) is 6.55. The van der Waals surface area contributed by atoms with Crippen LogP contribution < -0.4 is 4.74 Å². The minimum atomic E-state index is -0.391. The van der Waals surface area contributed by atoms with Crippen LogP contribution in [0.5, 0.6) is 5.75 Å². The number of hydrogen-bond donors (Lipinski definition) is 0. The lowest BCUT2D eigenvalue weighted by Crippen LogP contribution is -2.09. The second-order valence-electron chi connectivity index (χ2n) is 6.14. The first-order valence-electron chi connectivity index (χ1n) is 8.67. The number of unbranched alkanes of at least 4 members (excludes halogenated alkanes) is 2. The largest absolute Gasteiger partial charge is 0.421 e. The highest BCUT2D eigenvalue weighted by Gasteiger charge is 2.14. The van der Waals surface area contributed by atoms with Gasteiger partial charge in [0.2, 0.25) is 0 Å². The summed E-state index contributed by atoms with van der Waals surface area (Å²) in [6, 6.07) is 19.0. The van der Waals surface area contributed by atoms with Crippen molar-refractivity contribution in [3.63, 3.8) is 0 Å². The Morgan fingerprint density at radius 3 is 2.60 bits per heavy atom. The Bertz CT molecular complexity index is 881. The summed E-state index contributed by atoms with van der Waals surface area (Å²) in [7, 11) is 0. The lowest BCUT2D eigenvalue weighted by Gasteiger charge is -2.10. The lowest BCUT2D eigenvalue weighted by molar-refractivity contribution is 0.0737. The molecule has 0 fully saturated rings. The maximum Gasteiger partial charge on any atom is 0.344 e. The van der Waals surface area contributed by atoms with E-state index >= 15 is 0 Å². The van der Waals surface area contributed by atoms with Crippen LogP contribution in [0.3, 0.4) is 0 Å². The standard InChI is InChI=1S/C22H21ClO2/c1-2-3-4-8-16-13-14-21(20(23)15-16)25-22(24)19-12-7-10-17-9-5-6-11-18(17)19/h5-7,9-15H,2-4,8H2,1H3. The number of aryl methyl sites for hydroxylation is 1. The molecule has 0 aromatic heterocycles. The molecule has 0 radical (unpaired) electrons. The molecule has 2 nitrogen and oxygen atoms in total. The number of rotatable bonds is 6. The Labute approximate surface area is 153 Å². The molecule has 0 saturated heterocycles. The highest BCUT2D eigenvalue weighted by Crippen LogP contribution is 2.28. The van der Waals surface area contributed by atoms with Crippen molar-refractivity contribution in [1.82, 2.24) is 0 Å². The van der Waals surface area contributed by atoms with Crippen molar-refractivity contribution in [2.45, 2.75) is 32.6 Å². The number of halogens is 1. The van der Waals surface area contributed by atoms with Gasteiger partial charge in [-0.25, -0.2) is 4.79 Å². The predicted octanol–water partition coefficient (Wildman–Crippen LogP) is 6.45.